The second-order valence-electron chi connectivity index (χ2n) is 7.15. The summed E-state index contributed by atoms with van der Waals surface area (Å²) in [5.41, 5.74) is 2.36. The number of carbonyl (C=O) groups is 1. The van der Waals surface area contributed by atoms with Gasteiger partial charge in [0.15, 0.2) is 0 Å². The Morgan fingerprint density at radius 1 is 1.29 bits per heavy atom. The number of hydrogen-bond donors (Lipinski definition) is 0. The van der Waals surface area contributed by atoms with Crippen molar-refractivity contribution in [2.24, 2.45) is 0 Å². The average molecular weight is 535 g/mol. The number of hydrogen-bond acceptors (Lipinski definition) is 6. The molecule has 1 atom stereocenters. The Kier molecular flexibility index (Phi) is 6.59. The lowest BCUT2D eigenvalue weighted by Crippen LogP contribution is -2.27. The molecule has 0 N–H and O–H groups in total. The zero-order chi connectivity index (χ0) is 22.0. The van der Waals surface area contributed by atoms with Crippen LogP contribution >= 0.6 is 22.6 Å². The molecule has 0 spiro atoms. The van der Waals surface area contributed by atoms with Crippen molar-refractivity contribution in [2.75, 3.05) is 20.5 Å². The molecule has 1 aromatic heterocycles. The van der Waals surface area contributed by atoms with Gasteiger partial charge < -0.3 is 23.5 Å². The Hall–Kier alpha value is -2.43. The van der Waals surface area contributed by atoms with Crippen LogP contribution in [0.25, 0.3) is 10.9 Å². The summed E-state index contributed by atoms with van der Waals surface area (Å²) in [6.45, 7) is 3.03. The number of aromatic nitrogens is 1. The van der Waals surface area contributed by atoms with Gasteiger partial charge in [-0.3, -0.25) is 4.79 Å². The third kappa shape index (κ3) is 4.46. The topological polar surface area (TPSA) is 76.0 Å². The predicted octanol–water partition coefficient (Wildman–Crippen LogP) is 4.04. The van der Waals surface area contributed by atoms with Crippen LogP contribution in [0.4, 0.5) is 0 Å². The van der Waals surface area contributed by atoms with Crippen molar-refractivity contribution in [3.8, 4) is 5.75 Å². The molecule has 0 radical (unpaired) electrons. The summed E-state index contributed by atoms with van der Waals surface area (Å²) in [6, 6.07) is 11.6. The Balaban J connectivity index is 1.75. The number of esters is 1. The van der Waals surface area contributed by atoms with E-state index in [-0.39, 0.29) is 30.5 Å². The minimum Gasteiger partial charge on any atom is -0.482 e. The van der Waals surface area contributed by atoms with Crippen LogP contribution in [-0.4, -0.2) is 31.0 Å². The van der Waals surface area contributed by atoms with Gasteiger partial charge in [-0.1, -0.05) is 18.2 Å². The van der Waals surface area contributed by atoms with Crippen molar-refractivity contribution >= 4 is 39.5 Å². The number of rotatable bonds is 7. The fraction of sp³-hybridized carbons (Fsp3) is 0.304. The van der Waals surface area contributed by atoms with Crippen molar-refractivity contribution in [2.45, 2.75) is 26.2 Å². The molecule has 1 aliphatic heterocycles. The van der Waals surface area contributed by atoms with E-state index in [4.69, 9.17) is 18.9 Å². The number of methoxy groups -OCH3 is 1. The highest BCUT2D eigenvalue weighted by molar-refractivity contribution is 14.1. The van der Waals surface area contributed by atoms with E-state index >= 15 is 0 Å². The highest BCUT2D eigenvalue weighted by Gasteiger charge is 2.27. The molecule has 2 aromatic carbocycles. The molecule has 8 heteroatoms. The molecule has 1 aliphatic rings. The zero-order valence-electron chi connectivity index (χ0n) is 17.2. The highest BCUT2D eigenvalue weighted by atomic mass is 127. The number of ether oxygens (including phenoxy) is 4. The highest BCUT2D eigenvalue weighted by Crippen LogP contribution is 2.36. The minimum atomic E-state index is -0.612. The smallest absolute Gasteiger partial charge is 0.343 e. The summed E-state index contributed by atoms with van der Waals surface area (Å²) in [4.78, 5) is 25.4. The normalized spacial score (nSPS) is 15.0. The van der Waals surface area contributed by atoms with E-state index in [1.54, 1.807) is 26.3 Å². The van der Waals surface area contributed by atoms with E-state index in [1.807, 2.05) is 34.9 Å². The molecule has 162 valence electrons. The number of halogens is 1. The number of benzene rings is 2. The first kappa shape index (κ1) is 21.8. The molecular formula is C23H22INO6. The molecule has 0 saturated heterocycles. The zero-order valence-corrected chi connectivity index (χ0v) is 19.4. The molecular weight excluding hydrogens is 513 g/mol. The molecule has 0 aliphatic carbocycles. The van der Waals surface area contributed by atoms with Gasteiger partial charge in [0.25, 0.3) is 0 Å². The maximum atomic E-state index is 13.0. The van der Waals surface area contributed by atoms with Crippen molar-refractivity contribution < 1.29 is 23.7 Å². The van der Waals surface area contributed by atoms with Crippen molar-refractivity contribution in [1.82, 2.24) is 4.57 Å². The first-order chi connectivity index (χ1) is 15.0. The third-order valence-corrected chi connectivity index (χ3v) is 5.64. The Morgan fingerprint density at radius 2 is 2.13 bits per heavy atom. The van der Waals surface area contributed by atoms with Crippen LogP contribution in [0.3, 0.4) is 0 Å². The number of carbonyl (C=O) groups excluding carboxylic acids is 1. The van der Waals surface area contributed by atoms with Gasteiger partial charge in [-0.25, -0.2) is 4.79 Å². The summed E-state index contributed by atoms with van der Waals surface area (Å²) in [6.07, 6.45) is 1.30. The van der Waals surface area contributed by atoms with Gasteiger partial charge in [-0.2, -0.15) is 0 Å². The molecule has 0 fully saturated rings. The first-order valence-corrected chi connectivity index (χ1v) is 11.0. The first-order valence-electron chi connectivity index (χ1n) is 9.87. The van der Waals surface area contributed by atoms with Crippen molar-refractivity contribution in [3.63, 3.8) is 0 Å². The molecule has 0 saturated carbocycles. The Morgan fingerprint density at radius 3 is 2.90 bits per heavy atom. The number of pyridine rings is 1. The van der Waals surface area contributed by atoms with Crippen LogP contribution in [-0.2, 0) is 27.4 Å². The summed E-state index contributed by atoms with van der Waals surface area (Å²) in [5, 5.41) is 0.451. The van der Waals surface area contributed by atoms with Gasteiger partial charge in [0, 0.05) is 16.9 Å². The molecule has 7 nitrogen and oxygen atoms in total. The fourth-order valence-electron chi connectivity index (χ4n) is 3.72. The van der Waals surface area contributed by atoms with Crippen LogP contribution in [0.15, 0.2) is 47.4 Å². The second-order valence-corrected chi connectivity index (χ2v) is 8.40. The standard InChI is InChI=1S/C23H22INO6/c1-3-30-23(27)18-10-25-11-20(15-6-4-5-14(7-15)12-29-13-28-2)31-19-9-16(24)8-17(21(19)25)22(18)26/h4-10,20H,3,11-13H2,1-2H3. The lowest BCUT2D eigenvalue weighted by molar-refractivity contribution is -0.0391. The molecule has 1 unspecified atom stereocenters. The second kappa shape index (κ2) is 9.37. The molecule has 31 heavy (non-hydrogen) atoms. The van der Waals surface area contributed by atoms with Gasteiger partial charge in [-0.05, 0) is 58.8 Å². The van der Waals surface area contributed by atoms with Gasteiger partial charge in [0.05, 0.1) is 30.7 Å². The van der Waals surface area contributed by atoms with E-state index in [0.717, 1.165) is 14.7 Å². The van der Waals surface area contributed by atoms with Crippen LogP contribution in [0.1, 0.15) is 34.5 Å². The summed E-state index contributed by atoms with van der Waals surface area (Å²) in [5.74, 6) is 0.00517. The quantitative estimate of drug-likeness (QED) is 0.197. The van der Waals surface area contributed by atoms with Gasteiger partial charge in [0.2, 0.25) is 5.43 Å². The SMILES string of the molecule is CCOC(=O)c1cn2c3c(cc(I)cc3c1=O)OC(c1cccc(COCOC)c1)C2. The lowest BCUT2D eigenvalue weighted by Gasteiger charge is -2.29. The van der Waals surface area contributed by atoms with Crippen molar-refractivity contribution in [1.29, 1.82) is 0 Å². The summed E-state index contributed by atoms with van der Waals surface area (Å²) in [7, 11) is 1.58. The molecule has 4 rings (SSSR count). The number of nitrogens with zero attached hydrogens (tertiary/aromatic N) is 1. The Bertz CT molecular complexity index is 1190. The molecule has 0 amide bonds. The average Bonchev–Trinajstić information content (AvgIpc) is 2.76. The third-order valence-electron chi connectivity index (χ3n) is 5.02. The van der Waals surface area contributed by atoms with Gasteiger partial charge >= 0.3 is 5.97 Å². The predicted molar refractivity (Wildman–Crippen MR) is 123 cm³/mol. The molecule has 0 bridgehead atoms. The van der Waals surface area contributed by atoms with Crippen LogP contribution in [0, 0.1) is 3.57 Å². The minimum absolute atomic E-state index is 0.0321. The van der Waals surface area contributed by atoms with E-state index in [2.05, 4.69) is 22.6 Å². The van der Waals surface area contributed by atoms with Gasteiger partial charge in [0.1, 0.15) is 24.2 Å². The summed E-state index contributed by atoms with van der Waals surface area (Å²) >= 11 is 2.15. The van der Waals surface area contributed by atoms with E-state index < -0.39 is 5.97 Å². The maximum absolute atomic E-state index is 13.0. The largest absolute Gasteiger partial charge is 0.482 e. The van der Waals surface area contributed by atoms with E-state index in [0.29, 0.717) is 29.8 Å². The lowest BCUT2D eigenvalue weighted by atomic mass is 10.0. The maximum Gasteiger partial charge on any atom is 0.343 e. The van der Waals surface area contributed by atoms with Gasteiger partial charge in [-0.15, -0.1) is 0 Å². The van der Waals surface area contributed by atoms with E-state index in [9.17, 15) is 9.59 Å². The molecule has 2 heterocycles. The Labute approximate surface area is 193 Å². The van der Waals surface area contributed by atoms with Crippen LogP contribution in [0.5, 0.6) is 5.75 Å². The van der Waals surface area contributed by atoms with Crippen LogP contribution in [0.2, 0.25) is 0 Å². The van der Waals surface area contributed by atoms with Crippen LogP contribution < -0.4 is 10.2 Å². The fourth-order valence-corrected chi connectivity index (χ4v) is 4.32. The molecule has 3 aromatic rings. The van der Waals surface area contributed by atoms with Crippen molar-refractivity contribution in [3.05, 3.63) is 73.1 Å². The summed E-state index contributed by atoms with van der Waals surface area (Å²) < 4.78 is 24.6. The van der Waals surface area contributed by atoms with E-state index in [1.165, 1.54) is 0 Å². The monoisotopic (exact) mass is 535 g/mol.